The first-order chi connectivity index (χ1) is 13.9. The Labute approximate surface area is 180 Å². The van der Waals surface area contributed by atoms with Gasteiger partial charge in [0.15, 0.2) is 16.6 Å². The second kappa shape index (κ2) is 6.84. The van der Waals surface area contributed by atoms with Crippen molar-refractivity contribution in [2.24, 2.45) is 22.7 Å². The standard InChI is InChI=1S/C23H29FO5S/c1-4-18(27)30-19(28)22(29)10-8-15-16-6-5-13-11-14(25)7-9-20(13,2)23(16,24)17(26)12-21(15,22)3/h7,9,11,15-17,26,29H,4-6,8,10,12H2,1-3H3/t15-,16-,17-,20-,21-,22-,23-/m0/s1. The molecule has 0 aromatic carbocycles. The van der Waals surface area contributed by atoms with Gasteiger partial charge in [-0.05, 0) is 68.9 Å². The van der Waals surface area contributed by atoms with Crippen molar-refractivity contribution in [2.45, 2.75) is 76.7 Å². The Bertz CT molecular complexity index is 883. The summed E-state index contributed by atoms with van der Waals surface area (Å²) in [7, 11) is 0. The van der Waals surface area contributed by atoms with E-state index < -0.39 is 39.2 Å². The number of allylic oxidation sites excluding steroid dienone is 4. The minimum absolute atomic E-state index is 0.0710. The van der Waals surface area contributed by atoms with E-state index in [0.29, 0.717) is 36.6 Å². The van der Waals surface area contributed by atoms with Gasteiger partial charge in [-0.3, -0.25) is 14.4 Å². The van der Waals surface area contributed by atoms with E-state index in [2.05, 4.69) is 0 Å². The maximum absolute atomic E-state index is 16.9. The third kappa shape index (κ3) is 2.58. The van der Waals surface area contributed by atoms with Crippen LogP contribution in [0, 0.1) is 22.7 Å². The van der Waals surface area contributed by atoms with Gasteiger partial charge in [0.05, 0.1) is 6.10 Å². The number of aliphatic hydroxyl groups excluding tert-OH is 1. The number of alkyl halides is 1. The molecule has 164 valence electrons. The molecule has 4 aliphatic rings. The van der Waals surface area contributed by atoms with Crippen molar-refractivity contribution in [3.63, 3.8) is 0 Å². The second-order valence-electron chi connectivity index (χ2n) is 9.78. The molecule has 0 radical (unpaired) electrons. The first-order valence-corrected chi connectivity index (χ1v) is 11.5. The lowest BCUT2D eigenvalue weighted by Crippen LogP contribution is -2.68. The van der Waals surface area contributed by atoms with Crippen LogP contribution in [-0.2, 0) is 14.4 Å². The summed E-state index contributed by atoms with van der Waals surface area (Å²) in [4.78, 5) is 36.6. The Hall–Kier alpha value is -1.31. The summed E-state index contributed by atoms with van der Waals surface area (Å²) in [5, 5.41) is 21.7. The maximum atomic E-state index is 16.9. The molecule has 0 aliphatic heterocycles. The van der Waals surface area contributed by atoms with E-state index in [1.807, 2.05) is 0 Å². The molecule has 7 heteroatoms. The number of ketones is 1. The number of carbonyl (C=O) groups is 3. The zero-order valence-electron chi connectivity index (χ0n) is 17.6. The van der Waals surface area contributed by atoms with Crippen LogP contribution in [0.15, 0.2) is 23.8 Å². The molecule has 2 N–H and O–H groups in total. The fraction of sp³-hybridized carbons (Fsp3) is 0.696. The molecule has 0 bridgehead atoms. The molecule has 0 saturated heterocycles. The summed E-state index contributed by atoms with van der Waals surface area (Å²) < 4.78 is 16.9. The van der Waals surface area contributed by atoms with E-state index in [1.54, 1.807) is 26.8 Å². The van der Waals surface area contributed by atoms with Crippen molar-refractivity contribution in [2.75, 3.05) is 0 Å². The van der Waals surface area contributed by atoms with Gasteiger partial charge in [-0.25, -0.2) is 4.39 Å². The zero-order chi connectivity index (χ0) is 22.1. The summed E-state index contributed by atoms with van der Waals surface area (Å²) in [6, 6.07) is 0. The SMILES string of the molecule is CCC(=O)SC(=O)[C@@]1(O)CC[C@H]2[C@@H]3CCC4=CC(=O)C=C[C@]4(C)[C@@]3(F)[C@@H](O)C[C@@]21C. The van der Waals surface area contributed by atoms with Gasteiger partial charge in [0.25, 0.3) is 0 Å². The number of hydrogen-bond donors (Lipinski definition) is 2. The van der Waals surface area contributed by atoms with Crippen LogP contribution in [0.4, 0.5) is 4.39 Å². The van der Waals surface area contributed by atoms with Crippen LogP contribution in [0.25, 0.3) is 0 Å². The minimum atomic E-state index is -1.99. The lowest BCUT2D eigenvalue weighted by Gasteiger charge is -2.62. The number of thioether (sulfide) groups is 1. The van der Waals surface area contributed by atoms with Crippen LogP contribution in [-0.4, -0.2) is 43.6 Å². The highest BCUT2D eigenvalue weighted by atomic mass is 32.2. The lowest BCUT2D eigenvalue weighted by molar-refractivity contribution is -0.214. The van der Waals surface area contributed by atoms with Crippen molar-refractivity contribution in [3.05, 3.63) is 23.8 Å². The summed E-state index contributed by atoms with van der Waals surface area (Å²) in [6.07, 6.45) is 4.76. The van der Waals surface area contributed by atoms with Gasteiger partial charge in [-0.2, -0.15) is 0 Å². The highest BCUT2D eigenvalue weighted by Gasteiger charge is 2.74. The van der Waals surface area contributed by atoms with Crippen LogP contribution < -0.4 is 0 Å². The van der Waals surface area contributed by atoms with Gasteiger partial charge in [-0.15, -0.1) is 0 Å². The molecule has 0 heterocycles. The van der Waals surface area contributed by atoms with Crippen molar-refractivity contribution in [3.8, 4) is 0 Å². The van der Waals surface area contributed by atoms with Crippen molar-refractivity contribution >= 4 is 27.8 Å². The smallest absolute Gasteiger partial charge is 0.228 e. The Morgan fingerprint density at radius 3 is 2.63 bits per heavy atom. The van der Waals surface area contributed by atoms with E-state index in [1.165, 1.54) is 12.2 Å². The number of carbonyl (C=O) groups excluding carboxylic acids is 3. The second-order valence-corrected chi connectivity index (χ2v) is 10.8. The third-order valence-electron chi connectivity index (χ3n) is 8.63. The number of rotatable bonds is 2. The molecular weight excluding hydrogens is 407 g/mol. The summed E-state index contributed by atoms with van der Waals surface area (Å²) in [5.41, 5.74) is -5.17. The fourth-order valence-corrected chi connectivity index (χ4v) is 7.67. The summed E-state index contributed by atoms with van der Waals surface area (Å²) in [6.45, 7) is 5.15. The number of aliphatic hydroxyl groups is 2. The highest BCUT2D eigenvalue weighted by molar-refractivity contribution is 8.26. The van der Waals surface area contributed by atoms with Gasteiger partial charge >= 0.3 is 0 Å². The Morgan fingerprint density at radius 1 is 1.27 bits per heavy atom. The minimum Gasteiger partial charge on any atom is -0.390 e. The largest absolute Gasteiger partial charge is 0.390 e. The molecule has 4 aliphatic carbocycles. The first-order valence-electron chi connectivity index (χ1n) is 10.7. The predicted octanol–water partition coefficient (Wildman–Crippen LogP) is 3.28. The van der Waals surface area contributed by atoms with Gasteiger partial charge in [0, 0.05) is 23.2 Å². The molecule has 0 amide bonds. The average molecular weight is 437 g/mol. The van der Waals surface area contributed by atoms with E-state index in [9.17, 15) is 24.6 Å². The molecular formula is C23H29FO5S. The van der Waals surface area contributed by atoms with Crippen molar-refractivity contribution in [1.29, 1.82) is 0 Å². The van der Waals surface area contributed by atoms with Gasteiger partial charge in [0.1, 0.15) is 5.60 Å². The molecule has 3 saturated carbocycles. The summed E-state index contributed by atoms with van der Waals surface area (Å²) >= 11 is 0.536. The Kier molecular flexibility index (Phi) is 5.00. The monoisotopic (exact) mass is 436 g/mol. The van der Waals surface area contributed by atoms with Gasteiger partial charge in [-0.1, -0.05) is 25.5 Å². The molecule has 5 nitrogen and oxygen atoms in total. The predicted molar refractivity (Wildman–Crippen MR) is 111 cm³/mol. The Balaban J connectivity index is 1.74. The van der Waals surface area contributed by atoms with E-state index in [4.69, 9.17) is 0 Å². The van der Waals surface area contributed by atoms with Crippen LogP contribution >= 0.6 is 11.8 Å². The van der Waals surface area contributed by atoms with Crippen LogP contribution in [0.3, 0.4) is 0 Å². The maximum Gasteiger partial charge on any atom is 0.228 e. The molecule has 0 aromatic rings. The van der Waals surface area contributed by atoms with Crippen LogP contribution in [0.5, 0.6) is 0 Å². The first kappa shape index (κ1) is 21.9. The number of hydrogen-bond acceptors (Lipinski definition) is 6. The number of halogens is 1. The number of fused-ring (bicyclic) bond motifs is 5. The molecule has 7 atom stereocenters. The summed E-state index contributed by atoms with van der Waals surface area (Å²) in [5.74, 6) is -1.03. The normalized spacial score (nSPS) is 47.2. The molecule has 4 rings (SSSR count). The molecule has 0 spiro atoms. The van der Waals surface area contributed by atoms with Gasteiger partial charge < -0.3 is 10.2 Å². The van der Waals surface area contributed by atoms with Crippen LogP contribution in [0.1, 0.15) is 59.3 Å². The van der Waals surface area contributed by atoms with Gasteiger partial charge in [0.2, 0.25) is 5.12 Å². The lowest BCUT2D eigenvalue weighted by atomic mass is 9.45. The zero-order valence-corrected chi connectivity index (χ0v) is 18.4. The third-order valence-corrected chi connectivity index (χ3v) is 9.67. The molecule has 3 fully saturated rings. The van der Waals surface area contributed by atoms with E-state index in [-0.39, 0.29) is 36.1 Å². The molecule has 0 unspecified atom stereocenters. The van der Waals surface area contributed by atoms with Crippen molar-refractivity contribution in [1.82, 2.24) is 0 Å². The fourth-order valence-electron chi connectivity index (χ4n) is 6.81. The Morgan fingerprint density at radius 2 is 1.97 bits per heavy atom. The quantitative estimate of drug-likeness (QED) is 0.690. The van der Waals surface area contributed by atoms with E-state index in [0.717, 1.165) is 0 Å². The highest BCUT2D eigenvalue weighted by Crippen LogP contribution is 2.70. The van der Waals surface area contributed by atoms with E-state index >= 15 is 4.39 Å². The van der Waals surface area contributed by atoms with Crippen molar-refractivity contribution < 1.29 is 29.0 Å². The topological polar surface area (TPSA) is 91.7 Å². The van der Waals surface area contributed by atoms with Crippen LogP contribution in [0.2, 0.25) is 0 Å². The average Bonchev–Trinajstić information content (AvgIpc) is 2.95. The molecule has 30 heavy (non-hydrogen) atoms. The molecule has 0 aromatic heterocycles.